The van der Waals surface area contributed by atoms with Crippen LogP contribution in [-0.4, -0.2) is 0 Å². The number of nitrogens with zero attached hydrogens (tertiary/aromatic N) is 1. The molecule has 0 heterocycles. The Morgan fingerprint density at radius 1 is 0.556 bits per heavy atom. The summed E-state index contributed by atoms with van der Waals surface area (Å²) in [7, 11) is 0. The predicted molar refractivity (Wildman–Crippen MR) is 113 cm³/mol. The Hall–Kier alpha value is -3.58. The van der Waals surface area contributed by atoms with Crippen LogP contribution in [0.5, 0.6) is 0 Å². The maximum absolute atomic E-state index is 6.35. The molecular formula is C26H19N. The van der Waals surface area contributed by atoms with E-state index in [1.807, 2.05) is 36.4 Å². The van der Waals surface area contributed by atoms with Crippen LogP contribution in [0.15, 0.2) is 109 Å². The molecule has 0 N–H and O–H groups in total. The van der Waals surface area contributed by atoms with Crippen LogP contribution >= 0.6 is 0 Å². The maximum atomic E-state index is 6.35. The highest BCUT2D eigenvalue weighted by Crippen LogP contribution is 2.35. The molecule has 2 radical (unpaired) electrons. The van der Waals surface area contributed by atoms with Gasteiger partial charge in [-0.15, -0.1) is 0 Å². The van der Waals surface area contributed by atoms with Gasteiger partial charge in [-0.2, -0.15) is 0 Å². The van der Waals surface area contributed by atoms with Gasteiger partial charge in [0, 0.05) is 17.1 Å². The molecule has 4 aromatic carbocycles. The third-order valence-electron chi connectivity index (χ3n) is 4.49. The Balaban J connectivity index is 1.70. The fraction of sp³-hybridized carbons (Fsp3) is 0. The lowest BCUT2D eigenvalue weighted by Crippen LogP contribution is -2.09. The Morgan fingerprint density at radius 2 is 1.00 bits per heavy atom. The van der Waals surface area contributed by atoms with Gasteiger partial charge in [-0.05, 0) is 59.2 Å². The second-order valence-corrected chi connectivity index (χ2v) is 6.26. The van der Waals surface area contributed by atoms with Gasteiger partial charge in [0.2, 0.25) is 0 Å². The fourth-order valence-electron chi connectivity index (χ4n) is 3.12. The van der Waals surface area contributed by atoms with Gasteiger partial charge in [-0.3, -0.25) is 0 Å². The molecule has 0 unspecified atom stereocenters. The number of anilines is 3. The lowest BCUT2D eigenvalue weighted by atomic mass is 9.99. The molecule has 1 nitrogen and oxygen atoms in total. The van der Waals surface area contributed by atoms with E-state index < -0.39 is 0 Å². The van der Waals surface area contributed by atoms with Crippen molar-refractivity contribution < 1.29 is 0 Å². The summed E-state index contributed by atoms with van der Waals surface area (Å²) in [6.45, 7) is 6.35. The first kappa shape index (κ1) is 16.9. The van der Waals surface area contributed by atoms with Gasteiger partial charge in [0.15, 0.2) is 0 Å². The third kappa shape index (κ3) is 3.68. The summed E-state index contributed by atoms with van der Waals surface area (Å²) in [5.41, 5.74) is 6.10. The molecule has 0 atom stereocenters. The van der Waals surface area contributed by atoms with Crippen molar-refractivity contribution in [3.63, 3.8) is 0 Å². The summed E-state index contributed by atoms with van der Waals surface area (Å²) in [5.74, 6) is 0. The van der Waals surface area contributed by atoms with Crippen LogP contribution in [0.3, 0.4) is 0 Å². The molecule has 27 heavy (non-hydrogen) atoms. The van der Waals surface area contributed by atoms with Crippen LogP contribution in [0.2, 0.25) is 0 Å². The highest BCUT2D eigenvalue weighted by molar-refractivity contribution is 5.80. The molecule has 0 aromatic heterocycles. The van der Waals surface area contributed by atoms with Gasteiger partial charge in [0.25, 0.3) is 0 Å². The van der Waals surface area contributed by atoms with Gasteiger partial charge < -0.3 is 4.90 Å². The first-order chi connectivity index (χ1) is 13.3. The molecule has 4 rings (SSSR count). The highest BCUT2D eigenvalue weighted by Gasteiger charge is 2.12. The molecule has 0 fully saturated rings. The van der Waals surface area contributed by atoms with Crippen molar-refractivity contribution in [2.75, 3.05) is 4.90 Å². The van der Waals surface area contributed by atoms with E-state index in [4.69, 9.17) is 6.58 Å². The first-order valence-corrected chi connectivity index (χ1v) is 8.92. The quantitative estimate of drug-likeness (QED) is 0.383. The van der Waals surface area contributed by atoms with Crippen molar-refractivity contribution in [1.82, 2.24) is 0 Å². The average Bonchev–Trinajstić information content (AvgIpc) is 2.76. The average molecular weight is 345 g/mol. The molecule has 1 heteroatoms. The normalized spacial score (nSPS) is 10.4. The number of para-hydroxylation sites is 2. The smallest absolute Gasteiger partial charge is 0.0462 e. The molecule has 0 aliphatic carbocycles. The molecule has 0 spiro atoms. The van der Waals surface area contributed by atoms with Crippen LogP contribution in [0.25, 0.3) is 5.57 Å². The first-order valence-electron chi connectivity index (χ1n) is 8.92. The summed E-state index contributed by atoms with van der Waals surface area (Å²) in [5, 5.41) is 0. The SMILES string of the molecule is [CH]=C(c1cc[c]cc1)c1ccc(N(c2ccccc2)c2ccccc2)cc1. The van der Waals surface area contributed by atoms with Crippen molar-refractivity contribution in [3.05, 3.63) is 133 Å². The highest BCUT2D eigenvalue weighted by atomic mass is 15.1. The molecule has 0 amide bonds. The Kier molecular flexibility index (Phi) is 4.84. The standard InChI is InChI=1S/C26H19N/c1-21(22-11-5-2-6-12-22)23-17-19-26(20-18-23)27(24-13-7-3-8-14-24)25-15-9-4-10-16-25/h1,3-20H. The molecule has 0 aliphatic heterocycles. The largest absolute Gasteiger partial charge is 0.311 e. The molecule has 4 aromatic rings. The van der Waals surface area contributed by atoms with E-state index in [1.165, 1.54) is 0 Å². The molecule has 0 saturated heterocycles. The lowest BCUT2D eigenvalue weighted by Gasteiger charge is -2.25. The van der Waals surface area contributed by atoms with Crippen molar-refractivity contribution in [2.24, 2.45) is 0 Å². The Bertz CT molecular complexity index is 965. The summed E-state index contributed by atoms with van der Waals surface area (Å²) >= 11 is 0. The monoisotopic (exact) mass is 345 g/mol. The topological polar surface area (TPSA) is 3.24 Å². The van der Waals surface area contributed by atoms with Crippen LogP contribution in [0.1, 0.15) is 11.1 Å². The zero-order valence-electron chi connectivity index (χ0n) is 14.9. The summed E-state index contributed by atoms with van der Waals surface area (Å²) in [4.78, 5) is 2.23. The van der Waals surface area contributed by atoms with Gasteiger partial charge in [-0.1, -0.05) is 79.4 Å². The molecular weight excluding hydrogens is 326 g/mol. The van der Waals surface area contributed by atoms with Gasteiger partial charge in [-0.25, -0.2) is 0 Å². The van der Waals surface area contributed by atoms with Gasteiger partial charge >= 0.3 is 0 Å². The summed E-state index contributed by atoms with van der Waals surface area (Å²) < 4.78 is 0. The zero-order valence-corrected chi connectivity index (χ0v) is 14.9. The van der Waals surface area contributed by atoms with Crippen molar-refractivity contribution in [2.45, 2.75) is 0 Å². The molecule has 0 aliphatic rings. The molecule has 128 valence electrons. The number of hydrogen-bond donors (Lipinski definition) is 0. The lowest BCUT2D eigenvalue weighted by molar-refractivity contribution is 1.28. The van der Waals surface area contributed by atoms with E-state index in [-0.39, 0.29) is 0 Å². The van der Waals surface area contributed by atoms with Crippen LogP contribution in [0.4, 0.5) is 17.1 Å². The van der Waals surface area contributed by atoms with E-state index in [0.29, 0.717) is 0 Å². The second kappa shape index (κ2) is 7.76. The minimum atomic E-state index is 0.765. The van der Waals surface area contributed by atoms with Crippen molar-refractivity contribution in [3.8, 4) is 0 Å². The van der Waals surface area contributed by atoms with Gasteiger partial charge in [0.1, 0.15) is 0 Å². The van der Waals surface area contributed by atoms with E-state index >= 15 is 0 Å². The van der Waals surface area contributed by atoms with Crippen LogP contribution < -0.4 is 4.90 Å². The predicted octanol–water partition coefficient (Wildman–Crippen LogP) is 6.82. The molecule has 0 saturated carbocycles. The van der Waals surface area contributed by atoms with Crippen LogP contribution in [-0.2, 0) is 0 Å². The summed E-state index contributed by atoms with van der Waals surface area (Å²) in [6.07, 6.45) is 0. The summed E-state index contributed by atoms with van der Waals surface area (Å²) in [6, 6.07) is 39.8. The zero-order chi connectivity index (χ0) is 18.5. The fourth-order valence-corrected chi connectivity index (χ4v) is 3.12. The number of benzene rings is 4. The third-order valence-corrected chi connectivity index (χ3v) is 4.49. The van der Waals surface area contributed by atoms with Crippen molar-refractivity contribution >= 4 is 22.6 Å². The van der Waals surface area contributed by atoms with Gasteiger partial charge in [0.05, 0.1) is 0 Å². The minimum Gasteiger partial charge on any atom is -0.311 e. The second-order valence-electron chi connectivity index (χ2n) is 6.26. The minimum absolute atomic E-state index is 0.765. The van der Waals surface area contributed by atoms with Crippen molar-refractivity contribution in [1.29, 1.82) is 0 Å². The molecule has 0 bridgehead atoms. The number of rotatable bonds is 5. The van der Waals surface area contributed by atoms with E-state index in [2.05, 4.69) is 83.8 Å². The Morgan fingerprint density at radius 3 is 1.52 bits per heavy atom. The van der Waals surface area contributed by atoms with E-state index in [9.17, 15) is 0 Å². The Labute approximate surface area is 160 Å². The van der Waals surface area contributed by atoms with E-state index in [0.717, 1.165) is 33.8 Å². The maximum Gasteiger partial charge on any atom is 0.0462 e. The van der Waals surface area contributed by atoms with Crippen LogP contribution in [0, 0.1) is 12.6 Å². The number of hydrogen-bond acceptors (Lipinski definition) is 1. The van der Waals surface area contributed by atoms with E-state index in [1.54, 1.807) is 0 Å².